The first-order valence-electron chi connectivity index (χ1n) is 7.21. The lowest BCUT2D eigenvalue weighted by atomic mass is 10.0. The van der Waals surface area contributed by atoms with Crippen LogP contribution in [-0.2, 0) is 19.1 Å². The van der Waals surface area contributed by atoms with E-state index in [0.717, 1.165) is 24.0 Å². The lowest BCUT2D eigenvalue weighted by Gasteiger charge is -2.14. The number of carbonyl (C=O) groups is 2. The highest BCUT2D eigenvalue weighted by molar-refractivity contribution is 5.85. The van der Waals surface area contributed by atoms with Gasteiger partial charge in [0.2, 0.25) is 0 Å². The fourth-order valence-corrected chi connectivity index (χ4v) is 2.18. The number of allylic oxidation sites excluding steroid dienone is 2. The van der Waals surface area contributed by atoms with E-state index in [2.05, 4.69) is 6.08 Å². The third-order valence-corrected chi connectivity index (χ3v) is 3.04. The van der Waals surface area contributed by atoms with Crippen LogP contribution in [0.25, 0.3) is 0 Å². The predicted octanol–water partition coefficient (Wildman–Crippen LogP) is 3.48. The monoisotopic (exact) mass is 292 g/mol. The smallest absolute Gasteiger partial charge is 0.331 e. The molecule has 0 N–H and O–H groups in total. The van der Waals surface area contributed by atoms with Gasteiger partial charge in [-0.15, -0.1) is 0 Å². The van der Waals surface area contributed by atoms with Gasteiger partial charge in [-0.1, -0.05) is 17.2 Å². The van der Waals surface area contributed by atoms with E-state index in [0.29, 0.717) is 13.0 Å². The highest BCUT2D eigenvalue weighted by Gasteiger charge is 2.12. The summed E-state index contributed by atoms with van der Waals surface area (Å²) in [5, 5.41) is 0. The summed E-state index contributed by atoms with van der Waals surface area (Å²) in [7, 11) is 0. The van der Waals surface area contributed by atoms with Crippen LogP contribution >= 0.6 is 0 Å². The molecule has 1 rings (SSSR count). The van der Waals surface area contributed by atoms with Crippen molar-refractivity contribution >= 4 is 11.9 Å². The van der Waals surface area contributed by atoms with Gasteiger partial charge in [-0.3, -0.25) is 4.79 Å². The van der Waals surface area contributed by atoms with Crippen molar-refractivity contribution in [1.82, 2.24) is 0 Å². The Balaban J connectivity index is 2.48. The van der Waals surface area contributed by atoms with Gasteiger partial charge >= 0.3 is 11.9 Å². The number of hydrogen-bond acceptors (Lipinski definition) is 4. The molecule has 0 aromatic heterocycles. The second kappa shape index (κ2) is 8.45. The van der Waals surface area contributed by atoms with Crippen molar-refractivity contribution in [3.63, 3.8) is 0 Å². The van der Waals surface area contributed by atoms with Gasteiger partial charge in [-0.2, -0.15) is 0 Å². The Morgan fingerprint density at radius 2 is 2.10 bits per heavy atom. The molecule has 1 unspecified atom stereocenters. The van der Waals surface area contributed by atoms with Gasteiger partial charge in [0.05, 0.1) is 0 Å². The van der Waals surface area contributed by atoms with Gasteiger partial charge in [0, 0.05) is 19.4 Å². The van der Waals surface area contributed by atoms with E-state index in [-0.39, 0.29) is 18.0 Å². The lowest BCUT2D eigenvalue weighted by Crippen LogP contribution is -2.14. The molecule has 116 valence electrons. The van der Waals surface area contributed by atoms with Gasteiger partial charge < -0.3 is 9.47 Å². The first-order chi connectivity index (χ1) is 9.86. The van der Waals surface area contributed by atoms with E-state index in [1.54, 1.807) is 6.08 Å². The third kappa shape index (κ3) is 7.49. The second-order valence-electron chi connectivity index (χ2n) is 5.60. The Hall–Kier alpha value is -1.84. The van der Waals surface area contributed by atoms with E-state index in [4.69, 9.17) is 9.47 Å². The molecule has 21 heavy (non-hydrogen) atoms. The Labute approximate surface area is 126 Å². The van der Waals surface area contributed by atoms with Crippen LogP contribution in [0.15, 0.2) is 34.9 Å². The zero-order valence-corrected chi connectivity index (χ0v) is 13.3. The molecule has 0 fully saturated rings. The molecule has 4 nitrogen and oxygen atoms in total. The summed E-state index contributed by atoms with van der Waals surface area (Å²) in [5.74, 6) is -0.513. The van der Waals surface area contributed by atoms with Crippen molar-refractivity contribution in [1.29, 1.82) is 0 Å². The number of esters is 2. The van der Waals surface area contributed by atoms with Crippen LogP contribution in [-0.4, -0.2) is 24.6 Å². The third-order valence-electron chi connectivity index (χ3n) is 3.04. The van der Waals surface area contributed by atoms with Gasteiger partial charge in [0.15, 0.2) is 0 Å². The fraction of sp³-hybridized carbons (Fsp3) is 0.529. The normalized spacial score (nSPS) is 16.1. The number of cyclic esters (lactones) is 1. The molecule has 0 bridgehead atoms. The number of rotatable bonds is 7. The molecular formula is C17H24O4. The summed E-state index contributed by atoms with van der Waals surface area (Å²) in [6.45, 7) is 7.84. The molecule has 1 atom stereocenters. The highest BCUT2D eigenvalue weighted by Crippen LogP contribution is 2.16. The lowest BCUT2D eigenvalue weighted by molar-refractivity contribution is -0.144. The van der Waals surface area contributed by atoms with E-state index in [1.165, 1.54) is 12.5 Å². The zero-order chi connectivity index (χ0) is 15.8. The van der Waals surface area contributed by atoms with Crippen LogP contribution in [0, 0.1) is 0 Å². The summed E-state index contributed by atoms with van der Waals surface area (Å²) in [4.78, 5) is 22.0. The minimum absolute atomic E-state index is 0.209. The molecule has 4 heteroatoms. The quantitative estimate of drug-likeness (QED) is 0.532. The van der Waals surface area contributed by atoms with Crippen LogP contribution < -0.4 is 0 Å². The van der Waals surface area contributed by atoms with Crippen molar-refractivity contribution in [3.8, 4) is 0 Å². The molecule has 0 aromatic rings. The molecule has 1 aliphatic rings. The Kier molecular flexibility index (Phi) is 6.92. The molecule has 0 saturated carbocycles. The Bertz CT molecular complexity index is 479. The molecule has 0 aromatic carbocycles. The standard InChI is InChI=1S/C17H24O4/c1-12(2)8-16(21-14(4)18)9-13(3)6-5-7-15-10-17(19)20-11-15/h6,8,10,16H,5,7,9,11H2,1-4H3. The van der Waals surface area contributed by atoms with E-state index in [1.807, 2.05) is 26.8 Å². The molecule has 0 saturated heterocycles. The Morgan fingerprint density at radius 3 is 2.62 bits per heavy atom. The average Bonchev–Trinajstić information content (AvgIpc) is 2.73. The summed E-state index contributed by atoms with van der Waals surface area (Å²) in [6.07, 6.45) is 7.82. The first kappa shape index (κ1) is 17.2. The number of hydrogen-bond donors (Lipinski definition) is 0. The summed E-state index contributed by atoms with van der Waals surface area (Å²) >= 11 is 0. The van der Waals surface area contributed by atoms with Crippen LogP contribution in [0.5, 0.6) is 0 Å². The van der Waals surface area contributed by atoms with Gasteiger partial charge in [0.25, 0.3) is 0 Å². The highest BCUT2D eigenvalue weighted by atomic mass is 16.5. The molecule has 0 amide bonds. The van der Waals surface area contributed by atoms with E-state index < -0.39 is 0 Å². The van der Waals surface area contributed by atoms with Crippen LogP contribution in [0.4, 0.5) is 0 Å². The second-order valence-corrected chi connectivity index (χ2v) is 5.60. The molecule has 0 aliphatic carbocycles. The zero-order valence-electron chi connectivity index (χ0n) is 13.3. The van der Waals surface area contributed by atoms with Crippen molar-refractivity contribution in [3.05, 3.63) is 34.9 Å². The molecule has 1 aliphatic heterocycles. The van der Waals surface area contributed by atoms with Crippen LogP contribution in [0.1, 0.15) is 47.0 Å². The summed E-state index contributed by atoms with van der Waals surface area (Å²) < 4.78 is 10.2. The van der Waals surface area contributed by atoms with Gasteiger partial charge in [-0.25, -0.2) is 4.79 Å². The van der Waals surface area contributed by atoms with Gasteiger partial charge in [-0.05, 0) is 45.3 Å². The summed E-state index contributed by atoms with van der Waals surface area (Å²) in [5.41, 5.74) is 3.33. The van der Waals surface area contributed by atoms with E-state index >= 15 is 0 Å². The molecule has 0 spiro atoms. The fourth-order valence-electron chi connectivity index (χ4n) is 2.18. The SMILES string of the molecule is CC(=O)OC(C=C(C)C)CC(C)=CCCC1=CC(=O)OC1. The maximum atomic E-state index is 11.1. The molecular weight excluding hydrogens is 268 g/mol. The summed E-state index contributed by atoms with van der Waals surface area (Å²) in [6, 6.07) is 0. The largest absolute Gasteiger partial charge is 0.458 e. The van der Waals surface area contributed by atoms with Crippen molar-refractivity contribution in [2.45, 2.75) is 53.1 Å². The molecule has 0 radical (unpaired) electrons. The van der Waals surface area contributed by atoms with Crippen molar-refractivity contribution in [2.75, 3.05) is 6.61 Å². The minimum Gasteiger partial charge on any atom is -0.458 e. The van der Waals surface area contributed by atoms with Gasteiger partial charge in [0.1, 0.15) is 12.7 Å². The predicted molar refractivity (Wildman–Crippen MR) is 81.6 cm³/mol. The minimum atomic E-state index is -0.267. The average molecular weight is 292 g/mol. The topological polar surface area (TPSA) is 52.6 Å². The Morgan fingerprint density at radius 1 is 1.38 bits per heavy atom. The van der Waals surface area contributed by atoms with Crippen LogP contribution in [0.2, 0.25) is 0 Å². The van der Waals surface area contributed by atoms with Crippen molar-refractivity contribution in [2.24, 2.45) is 0 Å². The maximum absolute atomic E-state index is 11.1. The maximum Gasteiger partial charge on any atom is 0.331 e. The van der Waals surface area contributed by atoms with Crippen molar-refractivity contribution < 1.29 is 19.1 Å². The molecule has 1 heterocycles. The number of carbonyl (C=O) groups excluding carboxylic acids is 2. The number of ether oxygens (including phenoxy) is 2. The first-order valence-corrected chi connectivity index (χ1v) is 7.21. The van der Waals surface area contributed by atoms with E-state index in [9.17, 15) is 9.59 Å². The van der Waals surface area contributed by atoms with Crippen LogP contribution in [0.3, 0.4) is 0 Å².